The fourth-order valence-corrected chi connectivity index (χ4v) is 3.08. The van der Waals surface area contributed by atoms with E-state index in [9.17, 15) is 9.59 Å². The van der Waals surface area contributed by atoms with Gasteiger partial charge in [0.15, 0.2) is 0 Å². The van der Waals surface area contributed by atoms with E-state index in [1.165, 1.54) is 0 Å². The van der Waals surface area contributed by atoms with Gasteiger partial charge < -0.3 is 19.9 Å². The number of carbonyl (C=O) groups excluding carboxylic acids is 2. The molecule has 1 aliphatic rings. The van der Waals surface area contributed by atoms with Crippen LogP contribution in [-0.4, -0.2) is 67.7 Å². The lowest BCUT2D eigenvalue weighted by atomic mass is 10.1. The number of benzene rings is 1. The van der Waals surface area contributed by atoms with Gasteiger partial charge in [0.25, 0.3) is 0 Å². The third-order valence-corrected chi connectivity index (χ3v) is 4.78. The maximum Gasteiger partial charge on any atom is 0.317 e. The molecule has 27 heavy (non-hydrogen) atoms. The lowest BCUT2D eigenvalue weighted by Gasteiger charge is -2.34. The molecule has 1 saturated heterocycles. The van der Waals surface area contributed by atoms with Crippen molar-refractivity contribution in [3.8, 4) is 0 Å². The summed E-state index contributed by atoms with van der Waals surface area (Å²) >= 11 is 6.13. The quantitative estimate of drug-likeness (QED) is 0.688. The van der Waals surface area contributed by atoms with Crippen molar-refractivity contribution in [1.29, 1.82) is 0 Å². The Morgan fingerprint density at radius 3 is 2.48 bits per heavy atom. The van der Waals surface area contributed by atoms with Gasteiger partial charge in [-0.2, -0.15) is 0 Å². The molecule has 0 aromatic heterocycles. The van der Waals surface area contributed by atoms with Gasteiger partial charge in [0, 0.05) is 51.0 Å². The summed E-state index contributed by atoms with van der Waals surface area (Å²) in [5.41, 5.74) is 0.837. The molecule has 1 aromatic carbocycles. The predicted octanol–water partition coefficient (Wildman–Crippen LogP) is 2.80. The first-order valence-corrected chi connectivity index (χ1v) is 9.97. The first-order valence-electron chi connectivity index (χ1n) is 9.59. The maximum absolute atomic E-state index is 12.5. The molecule has 0 spiro atoms. The molecule has 1 heterocycles. The Kier molecular flexibility index (Phi) is 8.88. The monoisotopic (exact) mass is 395 g/mol. The summed E-state index contributed by atoms with van der Waals surface area (Å²) < 4.78 is 5.50. The van der Waals surface area contributed by atoms with Crippen molar-refractivity contribution in [2.45, 2.75) is 26.7 Å². The SMILES string of the molecule is CC(C)COCCCNC(=O)N1CCN(C(=O)Cc2ccccc2Cl)CC1. The first kappa shape index (κ1) is 21.5. The topological polar surface area (TPSA) is 61.9 Å². The van der Waals surface area contributed by atoms with E-state index in [1.54, 1.807) is 15.9 Å². The minimum absolute atomic E-state index is 0.0467. The number of halogens is 1. The Morgan fingerprint density at radius 2 is 1.81 bits per heavy atom. The smallest absolute Gasteiger partial charge is 0.317 e. The average Bonchev–Trinajstić information content (AvgIpc) is 2.66. The molecule has 2 rings (SSSR count). The van der Waals surface area contributed by atoms with Crippen molar-refractivity contribution in [1.82, 2.24) is 15.1 Å². The minimum atomic E-state index is -0.0722. The van der Waals surface area contributed by atoms with Crippen LogP contribution < -0.4 is 5.32 Å². The van der Waals surface area contributed by atoms with Gasteiger partial charge >= 0.3 is 6.03 Å². The molecule has 3 amide bonds. The second kappa shape index (κ2) is 11.1. The van der Waals surface area contributed by atoms with Crippen LogP contribution in [-0.2, 0) is 16.0 Å². The van der Waals surface area contributed by atoms with Crippen LogP contribution in [0.5, 0.6) is 0 Å². The number of amides is 3. The van der Waals surface area contributed by atoms with Crippen LogP contribution in [0.2, 0.25) is 5.02 Å². The zero-order valence-corrected chi connectivity index (χ0v) is 17.0. The van der Waals surface area contributed by atoms with Crippen molar-refractivity contribution in [3.05, 3.63) is 34.9 Å². The van der Waals surface area contributed by atoms with E-state index in [2.05, 4.69) is 19.2 Å². The van der Waals surface area contributed by atoms with Crippen molar-refractivity contribution in [2.24, 2.45) is 5.92 Å². The van der Waals surface area contributed by atoms with E-state index < -0.39 is 0 Å². The first-order chi connectivity index (χ1) is 13.0. The van der Waals surface area contributed by atoms with Crippen LogP contribution in [0.4, 0.5) is 4.79 Å². The fourth-order valence-electron chi connectivity index (χ4n) is 2.88. The summed E-state index contributed by atoms with van der Waals surface area (Å²) in [5.74, 6) is 0.571. The Hall–Kier alpha value is -1.79. The zero-order valence-electron chi connectivity index (χ0n) is 16.2. The van der Waals surface area contributed by atoms with E-state index in [0.717, 1.165) is 18.6 Å². The summed E-state index contributed by atoms with van der Waals surface area (Å²) in [5, 5.41) is 3.53. The Labute approximate surface area is 166 Å². The number of urea groups is 1. The van der Waals surface area contributed by atoms with Crippen molar-refractivity contribution in [2.75, 3.05) is 45.9 Å². The molecule has 1 fully saturated rings. The second-order valence-corrected chi connectivity index (χ2v) is 7.60. The summed E-state index contributed by atoms with van der Waals surface area (Å²) in [6.45, 7) is 8.42. The lowest BCUT2D eigenvalue weighted by molar-refractivity contribution is -0.131. The Balaban J connectivity index is 1.65. The highest BCUT2D eigenvalue weighted by atomic mass is 35.5. The number of nitrogens with one attached hydrogen (secondary N) is 1. The average molecular weight is 396 g/mol. The standard InChI is InChI=1S/C20H30ClN3O3/c1-16(2)15-27-13-5-8-22-20(26)24-11-9-23(10-12-24)19(25)14-17-6-3-4-7-18(17)21/h3-4,6-7,16H,5,8-15H2,1-2H3,(H,22,26). The summed E-state index contributed by atoms with van der Waals surface area (Å²) in [7, 11) is 0. The number of hydrogen-bond donors (Lipinski definition) is 1. The van der Waals surface area contributed by atoms with Gasteiger partial charge in [-0.05, 0) is 24.0 Å². The molecule has 0 aliphatic carbocycles. The van der Waals surface area contributed by atoms with Crippen molar-refractivity contribution >= 4 is 23.5 Å². The highest BCUT2D eigenvalue weighted by Crippen LogP contribution is 2.16. The van der Waals surface area contributed by atoms with Crippen LogP contribution >= 0.6 is 11.6 Å². The van der Waals surface area contributed by atoms with E-state index in [0.29, 0.717) is 56.7 Å². The molecule has 6 nitrogen and oxygen atoms in total. The number of rotatable bonds is 8. The molecule has 150 valence electrons. The van der Waals surface area contributed by atoms with Crippen LogP contribution in [0.3, 0.4) is 0 Å². The van der Waals surface area contributed by atoms with Crippen molar-refractivity contribution in [3.63, 3.8) is 0 Å². The molecule has 1 aliphatic heterocycles. The minimum Gasteiger partial charge on any atom is -0.381 e. The zero-order chi connectivity index (χ0) is 19.6. The molecule has 7 heteroatoms. The highest BCUT2D eigenvalue weighted by Gasteiger charge is 2.24. The van der Waals surface area contributed by atoms with Gasteiger partial charge in [-0.1, -0.05) is 43.6 Å². The van der Waals surface area contributed by atoms with Gasteiger partial charge in [-0.15, -0.1) is 0 Å². The van der Waals surface area contributed by atoms with Gasteiger partial charge in [-0.25, -0.2) is 4.79 Å². The second-order valence-electron chi connectivity index (χ2n) is 7.19. The fraction of sp³-hybridized carbons (Fsp3) is 0.600. The molecule has 0 saturated carbocycles. The van der Waals surface area contributed by atoms with Gasteiger partial charge in [0.05, 0.1) is 6.42 Å². The molecule has 1 aromatic rings. The molecular formula is C20H30ClN3O3. The normalized spacial score (nSPS) is 14.5. The molecule has 0 atom stereocenters. The van der Waals surface area contributed by atoms with Gasteiger partial charge in [0.2, 0.25) is 5.91 Å². The summed E-state index contributed by atoms with van der Waals surface area (Å²) in [6.07, 6.45) is 1.09. The van der Waals surface area contributed by atoms with Crippen molar-refractivity contribution < 1.29 is 14.3 Å². The van der Waals surface area contributed by atoms with Crippen LogP contribution in [0.25, 0.3) is 0 Å². The molecular weight excluding hydrogens is 366 g/mol. The van der Waals surface area contributed by atoms with E-state index in [-0.39, 0.29) is 11.9 Å². The van der Waals surface area contributed by atoms with E-state index in [1.807, 2.05) is 18.2 Å². The predicted molar refractivity (Wildman–Crippen MR) is 107 cm³/mol. The largest absolute Gasteiger partial charge is 0.381 e. The molecule has 0 unspecified atom stereocenters. The molecule has 1 N–H and O–H groups in total. The Morgan fingerprint density at radius 1 is 1.15 bits per heavy atom. The highest BCUT2D eigenvalue weighted by molar-refractivity contribution is 6.31. The number of carbonyl (C=O) groups is 2. The number of piperazine rings is 1. The Bertz CT molecular complexity index is 616. The molecule has 0 bridgehead atoms. The third-order valence-electron chi connectivity index (χ3n) is 4.41. The third kappa shape index (κ3) is 7.39. The van der Waals surface area contributed by atoms with Crippen LogP contribution in [0.15, 0.2) is 24.3 Å². The number of ether oxygens (including phenoxy) is 1. The number of hydrogen-bond acceptors (Lipinski definition) is 3. The maximum atomic E-state index is 12.5. The number of nitrogens with zero attached hydrogens (tertiary/aromatic N) is 2. The summed E-state index contributed by atoms with van der Waals surface area (Å²) in [4.78, 5) is 28.2. The van der Waals surface area contributed by atoms with E-state index in [4.69, 9.17) is 16.3 Å². The van der Waals surface area contributed by atoms with Gasteiger partial charge in [-0.3, -0.25) is 4.79 Å². The van der Waals surface area contributed by atoms with Crippen LogP contribution in [0, 0.1) is 5.92 Å². The lowest BCUT2D eigenvalue weighted by Crippen LogP contribution is -2.53. The molecule has 0 radical (unpaired) electrons. The van der Waals surface area contributed by atoms with Crippen LogP contribution in [0.1, 0.15) is 25.8 Å². The summed E-state index contributed by atoms with van der Waals surface area (Å²) in [6, 6.07) is 7.32. The van der Waals surface area contributed by atoms with E-state index >= 15 is 0 Å². The van der Waals surface area contributed by atoms with Gasteiger partial charge in [0.1, 0.15) is 0 Å².